The Kier molecular flexibility index (Phi) is 3.84. The fourth-order valence-electron chi connectivity index (χ4n) is 1.73. The molecule has 1 amide bonds. The van der Waals surface area contributed by atoms with Crippen LogP contribution in [-0.4, -0.2) is 27.8 Å². The summed E-state index contributed by atoms with van der Waals surface area (Å²) in [5, 5.41) is 9.26. The van der Waals surface area contributed by atoms with Gasteiger partial charge in [0.2, 0.25) is 0 Å². The topological polar surface area (TPSA) is 69.9 Å². The predicted molar refractivity (Wildman–Crippen MR) is 68.9 cm³/mol. The van der Waals surface area contributed by atoms with E-state index in [2.05, 4.69) is 16.0 Å². The summed E-state index contributed by atoms with van der Waals surface area (Å²) in [6, 6.07) is 8.32. The summed E-state index contributed by atoms with van der Waals surface area (Å²) in [7, 11) is 1.59. The van der Waals surface area contributed by atoms with Crippen LogP contribution in [0.4, 0.5) is 0 Å². The number of amides is 1. The molecule has 2 aromatic rings. The second-order valence-electron chi connectivity index (χ2n) is 3.98. The van der Waals surface area contributed by atoms with Gasteiger partial charge >= 0.3 is 0 Å². The lowest BCUT2D eigenvalue weighted by molar-refractivity contribution is 0.0763. The van der Waals surface area contributed by atoms with Gasteiger partial charge < -0.3 is 4.90 Å². The molecule has 19 heavy (non-hydrogen) atoms. The van der Waals surface area contributed by atoms with E-state index >= 15 is 0 Å². The summed E-state index contributed by atoms with van der Waals surface area (Å²) in [4.78, 5) is 21.5. The van der Waals surface area contributed by atoms with Gasteiger partial charge in [-0.15, -0.1) is 0 Å². The normalized spacial score (nSPS) is 11.4. The van der Waals surface area contributed by atoms with Crippen molar-refractivity contribution in [1.82, 2.24) is 14.9 Å². The zero-order valence-corrected chi connectivity index (χ0v) is 10.4. The molecule has 0 N–H and O–H groups in total. The Morgan fingerprint density at radius 1 is 1.26 bits per heavy atom. The molecule has 0 fully saturated rings. The molecule has 2 rings (SSSR count). The van der Waals surface area contributed by atoms with Crippen LogP contribution in [0.1, 0.15) is 22.0 Å². The number of carbonyl (C=O) groups is 1. The molecule has 2 heterocycles. The smallest absolute Gasteiger partial charge is 0.256 e. The molecule has 5 nitrogen and oxygen atoms in total. The van der Waals surface area contributed by atoms with Gasteiger partial charge in [-0.2, -0.15) is 5.26 Å². The number of hydrogen-bond donors (Lipinski definition) is 0. The molecule has 0 saturated heterocycles. The molecule has 0 aliphatic rings. The van der Waals surface area contributed by atoms with E-state index in [1.54, 1.807) is 49.9 Å². The van der Waals surface area contributed by atoms with Gasteiger partial charge in [-0.25, -0.2) is 0 Å². The molecule has 0 aliphatic heterocycles. The molecule has 0 spiro atoms. The first-order valence-corrected chi connectivity index (χ1v) is 5.70. The van der Waals surface area contributed by atoms with Crippen LogP contribution >= 0.6 is 0 Å². The second-order valence-corrected chi connectivity index (χ2v) is 3.98. The Labute approximate surface area is 111 Å². The molecule has 0 radical (unpaired) electrons. The first kappa shape index (κ1) is 12.7. The van der Waals surface area contributed by atoms with Gasteiger partial charge in [0.25, 0.3) is 5.91 Å². The van der Waals surface area contributed by atoms with E-state index in [0.717, 1.165) is 0 Å². The van der Waals surface area contributed by atoms with Gasteiger partial charge in [-0.3, -0.25) is 14.8 Å². The molecule has 5 heteroatoms. The monoisotopic (exact) mass is 252 g/mol. The molecule has 1 unspecified atom stereocenters. The SMILES string of the molecule is CN(C(=O)c1cccnc1)C(C#N)c1cccnc1. The number of aromatic nitrogens is 2. The van der Waals surface area contributed by atoms with Crippen molar-refractivity contribution in [3.63, 3.8) is 0 Å². The molecule has 94 valence electrons. The average Bonchev–Trinajstić information content (AvgIpc) is 2.49. The van der Waals surface area contributed by atoms with Gasteiger partial charge in [-0.1, -0.05) is 6.07 Å². The van der Waals surface area contributed by atoms with Crippen molar-refractivity contribution in [2.75, 3.05) is 7.05 Å². The van der Waals surface area contributed by atoms with Gasteiger partial charge in [0.05, 0.1) is 11.6 Å². The molecule has 0 bridgehead atoms. The maximum absolute atomic E-state index is 12.2. The van der Waals surface area contributed by atoms with Crippen LogP contribution < -0.4 is 0 Å². The van der Waals surface area contributed by atoms with Gasteiger partial charge in [0.15, 0.2) is 0 Å². The summed E-state index contributed by atoms with van der Waals surface area (Å²) < 4.78 is 0. The Hall–Kier alpha value is -2.74. The second kappa shape index (κ2) is 5.74. The Bertz CT molecular complexity index is 592. The van der Waals surface area contributed by atoms with E-state index in [-0.39, 0.29) is 5.91 Å². The van der Waals surface area contributed by atoms with E-state index in [1.165, 1.54) is 11.1 Å². The minimum absolute atomic E-state index is 0.247. The van der Waals surface area contributed by atoms with Crippen LogP contribution in [0.3, 0.4) is 0 Å². The molecule has 1 atom stereocenters. The van der Waals surface area contributed by atoms with Crippen LogP contribution in [-0.2, 0) is 0 Å². The minimum atomic E-state index is -0.665. The minimum Gasteiger partial charge on any atom is -0.322 e. The molecular weight excluding hydrogens is 240 g/mol. The molecule has 0 aromatic carbocycles. The fraction of sp³-hybridized carbons (Fsp3) is 0.143. The summed E-state index contributed by atoms with van der Waals surface area (Å²) in [5.41, 5.74) is 1.14. The van der Waals surface area contributed by atoms with Gasteiger partial charge in [0.1, 0.15) is 6.04 Å². The standard InChI is InChI=1S/C14H12N4O/c1-18(14(19)12-5-3-7-17-10-12)13(8-15)11-4-2-6-16-9-11/h2-7,9-10,13H,1H3. The quantitative estimate of drug-likeness (QED) is 0.835. The highest BCUT2D eigenvalue weighted by Gasteiger charge is 2.22. The number of nitriles is 1. The van der Waals surface area contributed by atoms with Crippen molar-refractivity contribution >= 4 is 5.91 Å². The first-order chi connectivity index (χ1) is 9.24. The molecule has 0 saturated carbocycles. The van der Waals surface area contributed by atoms with Crippen molar-refractivity contribution in [2.45, 2.75) is 6.04 Å². The number of nitrogens with zero attached hydrogens (tertiary/aromatic N) is 4. The number of carbonyl (C=O) groups excluding carboxylic acids is 1. The Balaban J connectivity index is 2.26. The van der Waals surface area contributed by atoms with Crippen LogP contribution in [0.25, 0.3) is 0 Å². The van der Waals surface area contributed by atoms with E-state index in [1.807, 2.05) is 0 Å². The molecule has 0 aliphatic carbocycles. The highest BCUT2D eigenvalue weighted by molar-refractivity contribution is 5.94. The highest BCUT2D eigenvalue weighted by atomic mass is 16.2. The summed E-state index contributed by atoms with van der Waals surface area (Å²) in [6.07, 6.45) is 6.29. The zero-order valence-electron chi connectivity index (χ0n) is 10.4. The van der Waals surface area contributed by atoms with E-state index in [0.29, 0.717) is 11.1 Å². The summed E-state index contributed by atoms with van der Waals surface area (Å²) in [6.45, 7) is 0. The average molecular weight is 252 g/mol. The zero-order chi connectivity index (χ0) is 13.7. The fourth-order valence-corrected chi connectivity index (χ4v) is 1.73. The van der Waals surface area contributed by atoms with Gasteiger partial charge in [0, 0.05) is 37.4 Å². The van der Waals surface area contributed by atoms with Crippen LogP contribution in [0.5, 0.6) is 0 Å². The lowest BCUT2D eigenvalue weighted by Crippen LogP contribution is -2.30. The third-order valence-electron chi connectivity index (χ3n) is 2.74. The van der Waals surface area contributed by atoms with Crippen LogP contribution in [0.15, 0.2) is 49.1 Å². The van der Waals surface area contributed by atoms with Crippen LogP contribution in [0.2, 0.25) is 0 Å². The summed E-state index contributed by atoms with van der Waals surface area (Å²) >= 11 is 0. The van der Waals surface area contributed by atoms with E-state index in [9.17, 15) is 10.1 Å². The Morgan fingerprint density at radius 2 is 1.95 bits per heavy atom. The number of hydrogen-bond acceptors (Lipinski definition) is 4. The molecule has 2 aromatic heterocycles. The lowest BCUT2D eigenvalue weighted by atomic mass is 10.1. The van der Waals surface area contributed by atoms with Gasteiger partial charge in [-0.05, 0) is 18.2 Å². The maximum atomic E-state index is 12.2. The maximum Gasteiger partial charge on any atom is 0.256 e. The number of pyridine rings is 2. The van der Waals surface area contributed by atoms with E-state index in [4.69, 9.17) is 0 Å². The molecular formula is C14H12N4O. The van der Waals surface area contributed by atoms with E-state index < -0.39 is 6.04 Å². The Morgan fingerprint density at radius 3 is 2.47 bits per heavy atom. The van der Waals surface area contributed by atoms with Crippen molar-refractivity contribution in [1.29, 1.82) is 5.26 Å². The first-order valence-electron chi connectivity index (χ1n) is 5.70. The predicted octanol–water partition coefficient (Wildman–Crippen LogP) is 1.81. The third-order valence-corrected chi connectivity index (χ3v) is 2.74. The highest BCUT2D eigenvalue weighted by Crippen LogP contribution is 2.19. The summed E-state index contributed by atoms with van der Waals surface area (Å²) in [5.74, 6) is -0.247. The van der Waals surface area contributed by atoms with Crippen molar-refractivity contribution in [3.8, 4) is 6.07 Å². The third kappa shape index (κ3) is 2.75. The lowest BCUT2D eigenvalue weighted by Gasteiger charge is -2.22. The van der Waals surface area contributed by atoms with Crippen molar-refractivity contribution < 1.29 is 4.79 Å². The largest absolute Gasteiger partial charge is 0.322 e. The van der Waals surface area contributed by atoms with Crippen LogP contribution in [0, 0.1) is 11.3 Å². The number of rotatable bonds is 3. The van der Waals surface area contributed by atoms with Crippen molar-refractivity contribution in [3.05, 3.63) is 60.2 Å². The van der Waals surface area contributed by atoms with Crippen molar-refractivity contribution in [2.24, 2.45) is 0 Å².